The first kappa shape index (κ1) is 16.8. The van der Waals surface area contributed by atoms with Gasteiger partial charge in [-0.2, -0.15) is 0 Å². The van der Waals surface area contributed by atoms with E-state index in [1.807, 2.05) is 36.4 Å². The summed E-state index contributed by atoms with van der Waals surface area (Å²) in [6.45, 7) is 0. The summed E-state index contributed by atoms with van der Waals surface area (Å²) in [6, 6.07) is 18.1. The van der Waals surface area contributed by atoms with Gasteiger partial charge in [-0.3, -0.25) is 14.4 Å². The summed E-state index contributed by atoms with van der Waals surface area (Å²) in [5.41, 5.74) is 1.32. The summed E-state index contributed by atoms with van der Waals surface area (Å²) in [6.07, 6.45) is 1.72. The van der Waals surface area contributed by atoms with E-state index >= 15 is 0 Å². The smallest absolute Gasteiger partial charge is 0.163 e. The van der Waals surface area contributed by atoms with Gasteiger partial charge in [0.25, 0.3) is 0 Å². The SMILES string of the molecule is O=C(CCCC(=O)c1ccccc1)CCC(=O)c1ccccc1. The van der Waals surface area contributed by atoms with Crippen LogP contribution in [0, 0.1) is 0 Å². The van der Waals surface area contributed by atoms with Crippen LogP contribution in [0.25, 0.3) is 0 Å². The van der Waals surface area contributed by atoms with Gasteiger partial charge in [0.05, 0.1) is 0 Å². The molecule has 0 saturated heterocycles. The van der Waals surface area contributed by atoms with Gasteiger partial charge < -0.3 is 0 Å². The van der Waals surface area contributed by atoms with Crippen molar-refractivity contribution in [2.24, 2.45) is 0 Å². The third-order valence-corrected chi connectivity index (χ3v) is 3.68. The predicted octanol–water partition coefficient (Wildman–Crippen LogP) is 4.27. The molecule has 2 aromatic rings. The molecule has 3 heteroatoms. The molecule has 118 valence electrons. The third-order valence-electron chi connectivity index (χ3n) is 3.68. The van der Waals surface area contributed by atoms with E-state index in [4.69, 9.17) is 0 Å². The highest BCUT2D eigenvalue weighted by molar-refractivity contribution is 5.98. The summed E-state index contributed by atoms with van der Waals surface area (Å²) in [5.74, 6) is 0.0771. The van der Waals surface area contributed by atoms with E-state index in [0.717, 1.165) is 0 Å². The fraction of sp³-hybridized carbons (Fsp3) is 0.250. The van der Waals surface area contributed by atoms with E-state index in [-0.39, 0.29) is 30.2 Å². The largest absolute Gasteiger partial charge is 0.300 e. The summed E-state index contributed by atoms with van der Waals surface area (Å²) >= 11 is 0. The number of carbonyl (C=O) groups is 3. The second-order valence-electron chi connectivity index (χ2n) is 5.47. The van der Waals surface area contributed by atoms with Gasteiger partial charge in [0, 0.05) is 36.8 Å². The summed E-state index contributed by atoms with van der Waals surface area (Å²) in [5, 5.41) is 0. The second-order valence-corrected chi connectivity index (χ2v) is 5.47. The van der Waals surface area contributed by atoms with Crippen molar-refractivity contribution in [2.75, 3.05) is 0 Å². The monoisotopic (exact) mass is 308 g/mol. The molecule has 0 fully saturated rings. The molecule has 2 rings (SSSR count). The summed E-state index contributed by atoms with van der Waals surface area (Å²) in [7, 11) is 0. The van der Waals surface area contributed by atoms with E-state index in [0.29, 0.717) is 30.4 Å². The molecule has 0 bridgehead atoms. The summed E-state index contributed by atoms with van der Waals surface area (Å²) < 4.78 is 0. The van der Waals surface area contributed by atoms with E-state index < -0.39 is 0 Å². The Morgan fingerprint density at radius 3 is 1.57 bits per heavy atom. The molecule has 3 nitrogen and oxygen atoms in total. The van der Waals surface area contributed by atoms with Gasteiger partial charge in [-0.15, -0.1) is 0 Å². The Balaban J connectivity index is 1.67. The second kappa shape index (κ2) is 8.79. The van der Waals surface area contributed by atoms with Crippen LogP contribution in [0.3, 0.4) is 0 Å². The van der Waals surface area contributed by atoms with E-state index in [1.54, 1.807) is 24.3 Å². The fourth-order valence-electron chi connectivity index (χ4n) is 2.36. The molecular weight excluding hydrogens is 288 g/mol. The Morgan fingerprint density at radius 2 is 1.04 bits per heavy atom. The van der Waals surface area contributed by atoms with Crippen molar-refractivity contribution in [3.05, 3.63) is 71.8 Å². The maximum absolute atomic E-state index is 11.9. The van der Waals surface area contributed by atoms with Crippen molar-refractivity contribution in [3.8, 4) is 0 Å². The Kier molecular flexibility index (Phi) is 6.42. The number of carbonyl (C=O) groups excluding carboxylic acids is 3. The number of benzene rings is 2. The molecule has 23 heavy (non-hydrogen) atoms. The van der Waals surface area contributed by atoms with Crippen LogP contribution in [-0.2, 0) is 4.79 Å². The van der Waals surface area contributed by atoms with Gasteiger partial charge in [0.1, 0.15) is 5.78 Å². The number of Topliss-reactive ketones (excluding diaryl/α,β-unsaturated/α-hetero) is 3. The molecule has 0 atom stereocenters. The quantitative estimate of drug-likeness (QED) is 0.650. The Bertz CT molecular complexity index is 660. The molecule has 0 amide bonds. The van der Waals surface area contributed by atoms with Crippen LogP contribution in [0.2, 0.25) is 0 Å². The van der Waals surface area contributed by atoms with Crippen molar-refractivity contribution in [1.29, 1.82) is 0 Å². The highest BCUT2D eigenvalue weighted by atomic mass is 16.1. The average molecular weight is 308 g/mol. The van der Waals surface area contributed by atoms with Crippen molar-refractivity contribution < 1.29 is 14.4 Å². The number of hydrogen-bond donors (Lipinski definition) is 0. The molecular formula is C20H20O3. The van der Waals surface area contributed by atoms with Crippen LogP contribution in [0.5, 0.6) is 0 Å². The normalized spacial score (nSPS) is 10.3. The first-order valence-electron chi connectivity index (χ1n) is 7.85. The van der Waals surface area contributed by atoms with Crippen LogP contribution < -0.4 is 0 Å². The topological polar surface area (TPSA) is 51.2 Å². The number of hydrogen-bond acceptors (Lipinski definition) is 3. The minimum Gasteiger partial charge on any atom is -0.300 e. The molecule has 0 N–H and O–H groups in total. The van der Waals surface area contributed by atoms with Crippen molar-refractivity contribution >= 4 is 17.3 Å². The van der Waals surface area contributed by atoms with Crippen molar-refractivity contribution in [3.63, 3.8) is 0 Å². The molecule has 0 spiro atoms. The van der Waals surface area contributed by atoms with Gasteiger partial charge in [0.15, 0.2) is 11.6 Å². The van der Waals surface area contributed by atoms with Gasteiger partial charge >= 0.3 is 0 Å². The molecule has 0 aliphatic rings. The van der Waals surface area contributed by atoms with Crippen LogP contribution in [0.4, 0.5) is 0 Å². The van der Waals surface area contributed by atoms with Gasteiger partial charge in [-0.1, -0.05) is 60.7 Å². The minimum atomic E-state index is -0.0145. The minimum absolute atomic E-state index is 0.0145. The zero-order valence-corrected chi connectivity index (χ0v) is 13.0. The van der Waals surface area contributed by atoms with Crippen LogP contribution >= 0.6 is 0 Å². The molecule has 2 aromatic carbocycles. The Morgan fingerprint density at radius 1 is 0.565 bits per heavy atom. The van der Waals surface area contributed by atoms with Gasteiger partial charge in [0.2, 0.25) is 0 Å². The lowest BCUT2D eigenvalue weighted by Gasteiger charge is -2.02. The van der Waals surface area contributed by atoms with Crippen LogP contribution in [0.15, 0.2) is 60.7 Å². The van der Waals surface area contributed by atoms with Crippen LogP contribution in [-0.4, -0.2) is 17.3 Å². The van der Waals surface area contributed by atoms with Crippen molar-refractivity contribution in [1.82, 2.24) is 0 Å². The maximum atomic E-state index is 11.9. The Labute approximate surface area is 136 Å². The average Bonchev–Trinajstić information content (AvgIpc) is 2.61. The lowest BCUT2D eigenvalue weighted by atomic mass is 10.0. The third kappa shape index (κ3) is 5.62. The van der Waals surface area contributed by atoms with Gasteiger partial charge in [-0.25, -0.2) is 0 Å². The fourth-order valence-corrected chi connectivity index (χ4v) is 2.36. The first-order chi connectivity index (χ1) is 11.2. The van der Waals surface area contributed by atoms with E-state index in [1.165, 1.54) is 0 Å². The van der Waals surface area contributed by atoms with Crippen LogP contribution in [0.1, 0.15) is 52.8 Å². The highest BCUT2D eigenvalue weighted by Crippen LogP contribution is 2.10. The molecule has 0 heterocycles. The first-order valence-corrected chi connectivity index (χ1v) is 7.85. The molecule has 0 radical (unpaired) electrons. The molecule has 0 aliphatic carbocycles. The summed E-state index contributed by atoms with van der Waals surface area (Å²) in [4.78, 5) is 35.7. The standard InChI is InChI=1S/C20H20O3/c21-18(14-15-20(23)17-10-5-2-6-11-17)12-7-13-19(22)16-8-3-1-4-9-16/h1-6,8-11H,7,12-15H2. The highest BCUT2D eigenvalue weighted by Gasteiger charge is 2.10. The molecule has 0 aliphatic heterocycles. The van der Waals surface area contributed by atoms with E-state index in [9.17, 15) is 14.4 Å². The lowest BCUT2D eigenvalue weighted by Crippen LogP contribution is -2.06. The zero-order valence-electron chi connectivity index (χ0n) is 13.0. The zero-order chi connectivity index (χ0) is 16.5. The van der Waals surface area contributed by atoms with E-state index in [2.05, 4.69) is 0 Å². The maximum Gasteiger partial charge on any atom is 0.163 e. The molecule has 0 saturated carbocycles. The van der Waals surface area contributed by atoms with Crippen molar-refractivity contribution in [2.45, 2.75) is 32.1 Å². The molecule has 0 aromatic heterocycles. The van der Waals surface area contributed by atoms with Gasteiger partial charge in [-0.05, 0) is 6.42 Å². The number of ketones is 3. The molecule has 0 unspecified atom stereocenters. The predicted molar refractivity (Wildman–Crippen MR) is 89.6 cm³/mol. The lowest BCUT2D eigenvalue weighted by molar-refractivity contribution is -0.119. The number of rotatable bonds is 9. The Hall–Kier alpha value is -2.55.